The van der Waals surface area contributed by atoms with Gasteiger partial charge in [-0.25, -0.2) is 8.42 Å². The van der Waals surface area contributed by atoms with Crippen molar-refractivity contribution in [2.24, 2.45) is 5.73 Å². The topological polar surface area (TPSA) is 63.4 Å². The van der Waals surface area contributed by atoms with Gasteiger partial charge in [-0.1, -0.05) is 6.92 Å². The van der Waals surface area contributed by atoms with E-state index in [1.165, 1.54) is 0 Å². The van der Waals surface area contributed by atoms with E-state index in [1.54, 1.807) is 0 Å². The molecule has 106 valence electrons. The summed E-state index contributed by atoms with van der Waals surface area (Å²) in [6.07, 6.45) is 6.30. The lowest BCUT2D eigenvalue weighted by molar-refractivity contribution is 0.108. The maximum atomic E-state index is 11.8. The average molecular weight is 274 g/mol. The summed E-state index contributed by atoms with van der Waals surface area (Å²) in [6, 6.07) is 1.15. The molecule has 1 saturated carbocycles. The molecule has 0 aromatic rings. The largest absolute Gasteiger partial charge is 0.328 e. The highest BCUT2D eigenvalue weighted by molar-refractivity contribution is 7.91. The molecule has 5 heteroatoms. The lowest BCUT2D eigenvalue weighted by Gasteiger charge is -2.41. The zero-order chi connectivity index (χ0) is 13.2. The van der Waals surface area contributed by atoms with Gasteiger partial charge in [-0.3, -0.25) is 4.90 Å². The van der Waals surface area contributed by atoms with Gasteiger partial charge in [-0.15, -0.1) is 0 Å². The van der Waals surface area contributed by atoms with E-state index in [0.29, 0.717) is 23.6 Å². The first-order chi connectivity index (χ1) is 8.52. The first-order valence-electron chi connectivity index (χ1n) is 7.23. The van der Waals surface area contributed by atoms with Gasteiger partial charge in [-0.2, -0.15) is 0 Å². The van der Waals surface area contributed by atoms with E-state index in [2.05, 4.69) is 11.8 Å². The Kier molecular flexibility index (Phi) is 4.67. The third-order valence-electron chi connectivity index (χ3n) is 4.48. The molecule has 0 bridgehead atoms. The van der Waals surface area contributed by atoms with Crippen LogP contribution in [0.2, 0.25) is 0 Å². The van der Waals surface area contributed by atoms with E-state index in [-0.39, 0.29) is 6.04 Å². The normalized spacial score (nSPS) is 36.7. The van der Waals surface area contributed by atoms with Gasteiger partial charge in [0.25, 0.3) is 0 Å². The summed E-state index contributed by atoms with van der Waals surface area (Å²) in [5.41, 5.74) is 5.95. The quantitative estimate of drug-likeness (QED) is 0.838. The van der Waals surface area contributed by atoms with Crippen LogP contribution in [0.1, 0.15) is 45.4 Å². The average Bonchev–Trinajstić information content (AvgIpc) is 2.31. The van der Waals surface area contributed by atoms with E-state index in [4.69, 9.17) is 5.73 Å². The molecule has 18 heavy (non-hydrogen) atoms. The molecule has 0 spiro atoms. The molecule has 1 heterocycles. The van der Waals surface area contributed by atoms with E-state index in [9.17, 15) is 8.42 Å². The Morgan fingerprint density at radius 2 is 1.78 bits per heavy atom. The Balaban J connectivity index is 1.99. The summed E-state index contributed by atoms with van der Waals surface area (Å²) in [5, 5.41) is 0. The number of rotatable bonds is 3. The van der Waals surface area contributed by atoms with Crippen molar-refractivity contribution in [1.29, 1.82) is 0 Å². The van der Waals surface area contributed by atoms with Crippen LogP contribution in [0.5, 0.6) is 0 Å². The van der Waals surface area contributed by atoms with Crippen molar-refractivity contribution in [2.75, 3.05) is 18.1 Å². The van der Waals surface area contributed by atoms with Crippen molar-refractivity contribution >= 4 is 9.84 Å². The summed E-state index contributed by atoms with van der Waals surface area (Å²) in [5.74, 6) is 0.750. The molecule has 1 aliphatic carbocycles. The first kappa shape index (κ1) is 14.3. The smallest absolute Gasteiger partial charge is 0.151 e. The lowest BCUT2D eigenvalue weighted by Crippen LogP contribution is -2.50. The Morgan fingerprint density at radius 3 is 2.33 bits per heavy atom. The summed E-state index contributed by atoms with van der Waals surface area (Å²) >= 11 is 0. The summed E-state index contributed by atoms with van der Waals surface area (Å²) in [6.45, 7) is 3.11. The summed E-state index contributed by atoms with van der Waals surface area (Å²) in [4.78, 5) is 2.43. The number of nitrogens with zero attached hydrogens (tertiary/aromatic N) is 1. The highest BCUT2D eigenvalue weighted by Crippen LogP contribution is 2.27. The number of hydrogen-bond acceptors (Lipinski definition) is 4. The fraction of sp³-hybridized carbons (Fsp3) is 1.00. The predicted octanol–water partition coefficient (Wildman–Crippen LogP) is 1.16. The van der Waals surface area contributed by atoms with Gasteiger partial charge >= 0.3 is 0 Å². The second kappa shape index (κ2) is 5.88. The Labute approximate surface area is 111 Å². The van der Waals surface area contributed by atoms with Crippen LogP contribution in [-0.4, -0.2) is 49.5 Å². The van der Waals surface area contributed by atoms with Gasteiger partial charge < -0.3 is 5.73 Å². The second-order valence-corrected chi connectivity index (χ2v) is 8.04. The fourth-order valence-corrected chi connectivity index (χ4v) is 5.23. The van der Waals surface area contributed by atoms with Crippen LogP contribution in [0, 0.1) is 0 Å². The van der Waals surface area contributed by atoms with Crippen molar-refractivity contribution < 1.29 is 8.42 Å². The molecule has 0 radical (unpaired) electrons. The van der Waals surface area contributed by atoms with Gasteiger partial charge in [0, 0.05) is 18.1 Å². The van der Waals surface area contributed by atoms with Crippen molar-refractivity contribution in [3.05, 3.63) is 0 Å². The van der Waals surface area contributed by atoms with E-state index < -0.39 is 9.84 Å². The van der Waals surface area contributed by atoms with Gasteiger partial charge in [0.05, 0.1) is 11.5 Å². The number of nitrogens with two attached hydrogens (primary N) is 1. The zero-order valence-electron chi connectivity index (χ0n) is 11.3. The monoisotopic (exact) mass is 274 g/mol. The van der Waals surface area contributed by atoms with Gasteiger partial charge in [-0.05, 0) is 45.1 Å². The molecule has 2 rings (SSSR count). The third-order valence-corrected chi connectivity index (χ3v) is 6.29. The molecule has 1 atom stereocenters. The van der Waals surface area contributed by atoms with Crippen molar-refractivity contribution in [3.63, 3.8) is 0 Å². The van der Waals surface area contributed by atoms with Crippen molar-refractivity contribution in [1.82, 2.24) is 4.90 Å². The summed E-state index contributed by atoms with van der Waals surface area (Å²) in [7, 11) is -2.80. The third kappa shape index (κ3) is 3.45. The highest BCUT2D eigenvalue weighted by atomic mass is 32.2. The zero-order valence-corrected chi connectivity index (χ0v) is 12.2. The van der Waals surface area contributed by atoms with Crippen LogP contribution < -0.4 is 5.73 Å². The van der Waals surface area contributed by atoms with Gasteiger partial charge in [0.1, 0.15) is 0 Å². The van der Waals surface area contributed by atoms with Gasteiger partial charge in [0.15, 0.2) is 9.84 Å². The molecule has 1 aliphatic heterocycles. The van der Waals surface area contributed by atoms with E-state index in [1.807, 2.05) is 0 Å². The van der Waals surface area contributed by atoms with Crippen LogP contribution >= 0.6 is 0 Å². The molecule has 4 nitrogen and oxygen atoms in total. The standard InChI is InChI=1S/C13H26N2O2S/c1-2-15(12-7-5-11(14)6-8-12)13-4-3-9-18(16,17)10-13/h11-13H,2-10,14H2,1H3. The molecule has 2 fully saturated rings. The van der Waals surface area contributed by atoms with Crippen molar-refractivity contribution in [3.8, 4) is 0 Å². The summed E-state index contributed by atoms with van der Waals surface area (Å²) < 4.78 is 23.5. The fourth-order valence-electron chi connectivity index (χ4n) is 3.51. The number of sulfone groups is 1. The minimum absolute atomic E-state index is 0.244. The molecule has 0 aromatic carbocycles. The van der Waals surface area contributed by atoms with Gasteiger partial charge in [0.2, 0.25) is 0 Å². The van der Waals surface area contributed by atoms with E-state index >= 15 is 0 Å². The molecule has 0 amide bonds. The Hall–Kier alpha value is -0.130. The van der Waals surface area contributed by atoms with Crippen LogP contribution in [-0.2, 0) is 9.84 Å². The number of hydrogen-bond donors (Lipinski definition) is 1. The van der Waals surface area contributed by atoms with Crippen LogP contribution in [0.25, 0.3) is 0 Å². The SMILES string of the molecule is CCN(C1CCC(N)CC1)C1CCCS(=O)(=O)C1. The minimum atomic E-state index is -2.80. The van der Waals surface area contributed by atoms with Crippen molar-refractivity contribution in [2.45, 2.75) is 63.6 Å². The lowest BCUT2D eigenvalue weighted by atomic mass is 9.89. The Bertz CT molecular complexity index is 361. The van der Waals surface area contributed by atoms with Crippen LogP contribution in [0.3, 0.4) is 0 Å². The second-order valence-electron chi connectivity index (χ2n) is 5.81. The van der Waals surface area contributed by atoms with E-state index in [0.717, 1.165) is 45.1 Å². The molecule has 2 N–H and O–H groups in total. The molecule has 0 aromatic heterocycles. The van der Waals surface area contributed by atoms with Crippen LogP contribution in [0.15, 0.2) is 0 Å². The maximum Gasteiger partial charge on any atom is 0.151 e. The highest BCUT2D eigenvalue weighted by Gasteiger charge is 2.33. The minimum Gasteiger partial charge on any atom is -0.328 e. The Morgan fingerprint density at radius 1 is 1.11 bits per heavy atom. The molecule has 2 aliphatic rings. The predicted molar refractivity (Wildman–Crippen MR) is 74.3 cm³/mol. The first-order valence-corrected chi connectivity index (χ1v) is 9.05. The molecular formula is C13H26N2O2S. The molecule has 1 unspecified atom stereocenters. The van der Waals surface area contributed by atoms with Crippen LogP contribution in [0.4, 0.5) is 0 Å². The molecular weight excluding hydrogens is 248 g/mol. The molecule has 1 saturated heterocycles. The maximum absolute atomic E-state index is 11.8.